The van der Waals surface area contributed by atoms with Gasteiger partial charge in [0.2, 0.25) is 0 Å². The van der Waals surface area contributed by atoms with Crippen molar-refractivity contribution in [3.8, 4) is 0 Å². The Morgan fingerprint density at radius 2 is 2.06 bits per heavy atom. The van der Waals surface area contributed by atoms with Crippen LogP contribution in [-0.2, 0) is 10.0 Å². The molecule has 2 N–H and O–H groups in total. The first-order valence-corrected chi connectivity index (χ1v) is 6.53. The summed E-state index contributed by atoms with van der Waals surface area (Å²) >= 11 is 0. The second kappa shape index (κ2) is 4.37. The molecule has 0 bridgehead atoms. The lowest BCUT2D eigenvalue weighted by Gasteiger charge is -2.05. The quantitative estimate of drug-likeness (QED) is 0.881. The van der Waals surface area contributed by atoms with Gasteiger partial charge < -0.3 is 0 Å². The van der Waals surface area contributed by atoms with Crippen LogP contribution < -0.4 is 4.72 Å². The summed E-state index contributed by atoms with van der Waals surface area (Å²) < 4.78 is 39.1. The number of pyridine rings is 1. The predicted octanol–water partition coefficient (Wildman–Crippen LogP) is 1.36. The Hall–Kier alpha value is -1.96. The van der Waals surface area contributed by atoms with Crippen LogP contribution in [0.15, 0.2) is 23.4 Å². The second-order valence-corrected chi connectivity index (χ2v) is 5.45. The van der Waals surface area contributed by atoms with Gasteiger partial charge in [-0.3, -0.25) is 14.8 Å². The zero-order valence-electron chi connectivity index (χ0n) is 9.73. The molecule has 0 amide bonds. The van der Waals surface area contributed by atoms with Crippen molar-refractivity contribution >= 4 is 15.8 Å². The second-order valence-electron chi connectivity index (χ2n) is 3.77. The number of hydrogen-bond donors (Lipinski definition) is 2. The molecule has 0 spiro atoms. The van der Waals surface area contributed by atoms with Crippen molar-refractivity contribution in [2.45, 2.75) is 18.7 Å². The third-order valence-corrected chi connectivity index (χ3v) is 3.78. The molecule has 18 heavy (non-hydrogen) atoms. The highest BCUT2D eigenvalue weighted by atomic mass is 32.2. The number of aromatic amines is 1. The molecule has 0 aliphatic heterocycles. The molecule has 8 heteroatoms. The van der Waals surface area contributed by atoms with E-state index < -0.39 is 15.8 Å². The molecule has 0 aromatic carbocycles. The summed E-state index contributed by atoms with van der Waals surface area (Å²) in [6.07, 6.45) is 2.00. The molecule has 0 aliphatic rings. The summed E-state index contributed by atoms with van der Waals surface area (Å²) in [5, 5.41) is 6.47. The summed E-state index contributed by atoms with van der Waals surface area (Å²) in [7, 11) is -3.88. The van der Waals surface area contributed by atoms with Crippen LogP contribution in [0.2, 0.25) is 0 Å². The van der Waals surface area contributed by atoms with E-state index in [0.717, 1.165) is 24.2 Å². The third-order valence-electron chi connectivity index (χ3n) is 2.47. The van der Waals surface area contributed by atoms with Gasteiger partial charge in [0.1, 0.15) is 10.7 Å². The average Bonchev–Trinajstić information content (AvgIpc) is 2.61. The molecular weight excluding hydrogens is 259 g/mol. The first-order valence-electron chi connectivity index (χ1n) is 5.05. The molecule has 2 aromatic rings. The molecule has 2 rings (SSSR count). The van der Waals surface area contributed by atoms with E-state index in [0.29, 0.717) is 5.56 Å². The smallest absolute Gasteiger partial charge is 0.264 e. The molecule has 0 radical (unpaired) electrons. The van der Waals surface area contributed by atoms with Gasteiger partial charge in [-0.05, 0) is 19.9 Å². The molecule has 0 saturated heterocycles. The summed E-state index contributed by atoms with van der Waals surface area (Å²) in [5.74, 6) is -0.524. The maximum atomic E-state index is 12.9. The Bertz CT molecular complexity index is 681. The number of H-pyrrole nitrogens is 1. The van der Waals surface area contributed by atoms with Crippen LogP contribution in [0.4, 0.5) is 10.2 Å². The average molecular weight is 270 g/mol. The number of aromatic nitrogens is 3. The Labute approximate surface area is 103 Å². The lowest BCUT2D eigenvalue weighted by Crippen LogP contribution is -2.14. The predicted molar refractivity (Wildman–Crippen MR) is 63.1 cm³/mol. The van der Waals surface area contributed by atoms with E-state index in [-0.39, 0.29) is 10.7 Å². The number of sulfonamides is 1. The number of anilines is 1. The third kappa shape index (κ3) is 2.33. The monoisotopic (exact) mass is 270 g/mol. The van der Waals surface area contributed by atoms with Crippen LogP contribution in [-0.4, -0.2) is 23.6 Å². The molecule has 2 aromatic heterocycles. The molecule has 96 valence electrons. The Morgan fingerprint density at radius 3 is 2.61 bits per heavy atom. The van der Waals surface area contributed by atoms with Crippen molar-refractivity contribution in [2.24, 2.45) is 0 Å². The maximum Gasteiger partial charge on any atom is 0.264 e. The lowest BCUT2D eigenvalue weighted by atomic mass is 10.3. The maximum absolute atomic E-state index is 12.9. The van der Waals surface area contributed by atoms with Gasteiger partial charge in [-0.1, -0.05) is 0 Å². The molecule has 0 saturated carbocycles. The molecule has 0 fully saturated rings. The summed E-state index contributed by atoms with van der Waals surface area (Å²) in [5.41, 5.74) is 1.44. The molecule has 0 atom stereocenters. The van der Waals surface area contributed by atoms with Gasteiger partial charge in [-0.15, -0.1) is 0 Å². The van der Waals surface area contributed by atoms with Crippen LogP contribution in [0.1, 0.15) is 11.3 Å². The van der Waals surface area contributed by atoms with E-state index in [1.807, 2.05) is 0 Å². The highest BCUT2D eigenvalue weighted by Gasteiger charge is 2.18. The molecule has 0 unspecified atom stereocenters. The van der Waals surface area contributed by atoms with E-state index in [9.17, 15) is 12.8 Å². The number of rotatable bonds is 3. The minimum atomic E-state index is -3.88. The fourth-order valence-electron chi connectivity index (χ4n) is 1.31. The van der Waals surface area contributed by atoms with E-state index >= 15 is 0 Å². The zero-order chi connectivity index (χ0) is 13.3. The standard InChI is InChI=1S/C10H11FN4O2S/c1-6-7(2)13-14-10(6)15-18(16,17)9-3-8(11)4-12-5-9/h3-5H,1-2H3,(H2,13,14,15). The van der Waals surface area contributed by atoms with E-state index in [2.05, 4.69) is 19.9 Å². The zero-order valence-corrected chi connectivity index (χ0v) is 10.5. The number of nitrogens with one attached hydrogen (secondary N) is 2. The van der Waals surface area contributed by atoms with Gasteiger partial charge in [0.25, 0.3) is 10.0 Å². The fraction of sp³-hybridized carbons (Fsp3) is 0.200. The van der Waals surface area contributed by atoms with Crippen molar-refractivity contribution in [2.75, 3.05) is 4.72 Å². The van der Waals surface area contributed by atoms with Crippen LogP contribution in [0.25, 0.3) is 0 Å². The van der Waals surface area contributed by atoms with Crippen molar-refractivity contribution in [3.63, 3.8) is 0 Å². The Morgan fingerprint density at radius 1 is 1.33 bits per heavy atom. The van der Waals surface area contributed by atoms with Gasteiger partial charge in [0.15, 0.2) is 5.82 Å². The number of halogens is 1. The molecule has 2 heterocycles. The summed E-state index contributed by atoms with van der Waals surface area (Å²) in [6.45, 7) is 3.49. The van der Waals surface area contributed by atoms with Crippen molar-refractivity contribution in [1.82, 2.24) is 15.2 Å². The van der Waals surface area contributed by atoms with Crippen molar-refractivity contribution in [3.05, 3.63) is 35.5 Å². The number of nitrogens with zero attached hydrogens (tertiary/aromatic N) is 2. The van der Waals surface area contributed by atoms with Gasteiger partial charge in [-0.2, -0.15) is 5.10 Å². The first kappa shape index (κ1) is 12.5. The van der Waals surface area contributed by atoms with E-state index in [1.54, 1.807) is 13.8 Å². The first-order chi connectivity index (χ1) is 8.40. The van der Waals surface area contributed by atoms with E-state index in [1.165, 1.54) is 0 Å². The summed E-state index contributed by atoms with van der Waals surface area (Å²) in [4.78, 5) is 3.25. The van der Waals surface area contributed by atoms with E-state index in [4.69, 9.17) is 0 Å². The van der Waals surface area contributed by atoms with Crippen LogP contribution in [0, 0.1) is 19.7 Å². The molecule has 0 aliphatic carbocycles. The van der Waals surface area contributed by atoms with Crippen LogP contribution in [0.5, 0.6) is 0 Å². The number of aryl methyl sites for hydroxylation is 1. The Balaban J connectivity index is 2.36. The van der Waals surface area contributed by atoms with Crippen molar-refractivity contribution in [1.29, 1.82) is 0 Å². The SMILES string of the molecule is Cc1[nH]nc(NS(=O)(=O)c2cncc(F)c2)c1C. The highest BCUT2D eigenvalue weighted by Crippen LogP contribution is 2.18. The van der Waals surface area contributed by atoms with Crippen molar-refractivity contribution < 1.29 is 12.8 Å². The topological polar surface area (TPSA) is 87.7 Å². The van der Waals surface area contributed by atoms with Crippen LogP contribution >= 0.6 is 0 Å². The Kier molecular flexibility index (Phi) is 3.04. The molecular formula is C10H11FN4O2S. The highest BCUT2D eigenvalue weighted by molar-refractivity contribution is 7.92. The fourth-order valence-corrected chi connectivity index (χ4v) is 2.35. The molecule has 6 nitrogen and oxygen atoms in total. The van der Waals surface area contributed by atoms with Gasteiger partial charge in [0.05, 0.1) is 6.20 Å². The largest absolute Gasteiger partial charge is 0.280 e. The minimum absolute atomic E-state index is 0.191. The van der Waals surface area contributed by atoms with Crippen LogP contribution in [0.3, 0.4) is 0 Å². The summed E-state index contributed by atoms with van der Waals surface area (Å²) in [6, 6.07) is 0.893. The minimum Gasteiger partial charge on any atom is -0.280 e. The normalized spacial score (nSPS) is 11.5. The van der Waals surface area contributed by atoms with Gasteiger partial charge >= 0.3 is 0 Å². The lowest BCUT2D eigenvalue weighted by molar-refractivity contribution is 0.592. The van der Waals surface area contributed by atoms with Gasteiger partial charge in [-0.25, -0.2) is 12.8 Å². The van der Waals surface area contributed by atoms with Gasteiger partial charge in [0, 0.05) is 17.5 Å². The number of hydrogen-bond acceptors (Lipinski definition) is 4.